The predicted octanol–water partition coefficient (Wildman–Crippen LogP) is 3.00. The van der Waals surface area contributed by atoms with Crippen molar-refractivity contribution in [2.24, 2.45) is 0 Å². The van der Waals surface area contributed by atoms with Crippen LogP contribution in [0.1, 0.15) is 22.4 Å². The van der Waals surface area contributed by atoms with Crippen molar-refractivity contribution < 1.29 is 4.74 Å². The average Bonchev–Trinajstić information content (AvgIpc) is 2.87. The van der Waals surface area contributed by atoms with E-state index in [0.29, 0.717) is 0 Å². The van der Waals surface area contributed by atoms with Gasteiger partial charge < -0.3 is 10.1 Å². The maximum atomic E-state index is 5.32. The summed E-state index contributed by atoms with van der Waals surface area (Å²) in [5.74, 6) is 0.934. The molecule has 0 aliphatic rings. The molecule has 0 fully saturated rings. The summed E-state index contributed by atoms with van der Waals surface area (Å²) < 4.78 is 5.32. The zero-order valence-electron chi connectivity index (χ0n) is 10.8. The Balaban J connectivity index is 1.88. The van der Waals surface area contributed by atoms with Crippen LogP contribution in [0.25, 0.3) is 0 Å². The van der Waals surface area contributed by atoms with E-state index in [4.69, 9.17) is 4.74 Å². The molecule has 0 amide bonds. The summed E-state index contributed by atoms with van der Waals surface area (Å²) in [6.07, 6.45) is 2.97. The molecule has 0 unspecified atom stereocenters. The number of para-hydroxylation sites is 1. The van der Waals surface area contributed by atoms with E-state index in [1.165, 1.54) is 15.4 Å². The lowest BCUT2D eigenvalue weighted by Gasteiger charge is -2.08. The van der Waals surface area contributed by atoms with Crippen molar-refractivity contribution in [2.45, 2.75) is 26.4 Å². The van der Waals surface area contributed by atoms with Gasteiger partial charge in [0.05, 0.1) is 12.1 Å². The zero-order chi connectivity index (χ0) is 12.8. The second kappa shape index (κ2) is 6.52. The Morgan fingerprint density at radius 2 is 2.11 bits per heavy atom. The number of nitrogens with one attached hydrogen (secondary N) is 1. The fraction of sp³-hybridized carbons (Fsp3) is 0.357. The number of rotatable bonds is 6. The molecule has 4 heteroatoms. The van der Waals surface area contributed by atoms with Crippen LogP contribution in [0, 0.1) is 0 Å². The molecule has 1 aromatic heterocycles. The lowest BCUT2D eigenvalue weighted by atomic mass is 10.2. The molecule has 1 heterocycles. The van der Waals surface area contributed by atoms with E-state index in [0.717, 1.165) is 25.3 Å². The standard InChI is InChI=1S/C14H18N2OS/c1-3-14-16-10-12(18-14)9-15-8-11-6-4-5-7-13(11)17-2/h4-7,10,15H,3,8-9H2,1-2H3. The highest BCUT2D eigenvalue weighted by Gasteiger charge is 2.02. The number of methoxy groups -OCH3 is 1. The largest absolute Gasteiger partial charge is 0.496 e. The Morgan fingerprint density at radius 1 is 1.28 bits per heavy atom. The first-order valence-corrected chi connectivity index (χ1v) is 6.91. The van der Waals surface area contributed by atoms with Crippen LogP contribution in [0.3, 0.4) is 0 Å². The van der Waals surface area contributed by atoms with Gasteiger partial charge in [0.25, 0.3) is 0 Å². The highest BCUT2D eigenvalue weighted by atomic mass is 32.1. The van der Waals surface area contributed by atoms with E-state index < -0.39 is 0 Å². The first-order valence-electron chi connectivity index (χ1n) is 6.09. The van der Waals surface area contributed by atoms with Crippen LogP contribution >= 0.6 is 11.3 Å². The molecule has 0 saturated heterocycles. The van der Waals surface area contributed by atoms with Crippen molar-refractivity contribution in [2.75, 3.05) is 7.11 Å². The van der Waals surface area contributed by atoms with Crippen LogP contribution in [0.2, 0.25) is 0 Å². The van der Waals surface area contributed by atoms with Gasteiger partial charge in [-0.1, -0.05) is 25.1 Å². The van der Waals surface area contributed by atoms with Gasteiger partial charge >= 0.3 is 0 Å². The zero-order valence-corrected chi connectivity index (χ0v) is 11.6. The maximum Gasteiger partial charge on any atom is 0.123 e. The molecule has 2 aromatic rings. The quantitative estimate of drug-likeness (QED) is 0.869. The van der Waals surface area contributed by atoms with Crippen molar-refractivity contribution in [3.8, 4) is 5.75 Å². The van der Waals surface area contributed by atoms with Crippen LogP contribution in [0.15, 0.2) is 30.5 Å². The van der Waals surface area contributed by atoms with Gasteiger partial charge in [-0.25, -0.2) is 4.98 Å². The van der Waals surface area contributed by atoms with E-state index in [1.54, 1.807) is 18.4 Å². The highest BCUT2D eigenvalue weighted by Crippen LogP contribution is 2.17. The van der Waals surface area contributed by atoms with Gasteiger partial charge in [0.2, 0.25) is 0 Å². The minimum absolute atomic E-state index is 0.809. The van der Waals surface area contributed by atoms with Gasteiger partial charge in [-0.2, -0.15) is 0 Å². The summed E-state index contributed by atoms with van der Waals surface area (Å²) in [5.41, 5.74) is 1.18. The summed E-state index contributed by atoms with van der Waals surface area (Å²) in [4.78, 5) is 5.63. The van der Waals surface area contributed by atoms with E-state index in [1.807, 2.05) is 24.4 Å². The molecule has 1 N–H and O–H groups in total. The Labute approximate surface area is 112 Å². The maximum absolute atomic E-state index is 5.32. The molecule has 0 aliphatic carbocycles. The molecule has 3 nitrogen and oxygen atoms in total. The smallest absolute Gasteiger partial charge is 0.123 e. The first kappa shape index (κ1) is 13.1. The Hall–Kier alpha value is -1.39. The van der Waals surface area contributed by atoms with Gasteiger partial charge in [-0.3, -0.25) is 0 Å². The van der Waals surface area contributed by atoms with Crippen LogP contribution < -0.4 is 10.1 Å². The number of ether oxygens (including phenoxy) is 1. The van der Waals surface area contributed by atoms with E-state index >= 15 is 0 Å². The minimum atomic E-state index is 0.809. The molecule has 18 heavy (non-hydrogen) atoms. The summed E-state index contributed by atoms with van der Waals surface area (Å²) in [7, 11) is 1.70. The minimum Gasteiger partial charge on any atom is -0.496 e. The SMILES string of the molecule is CCc1ncc(CNCc2ccccc2OC)s1. The Bertz CT molecular complexity index is 496. The molecule has 1 aromatic carbocycles. The molecule has 0 spiro atoms. The number of benzene rings is 1. The van der Waals surface area contributed by atoms with Gasteiger partial charge in [0.15, 0.2) is 0 Å². The number of thiazole rings is 1. The fourth-order valence-electron chi connectivity index (χ4n) is 1.76. The number of aryl methyl sites for hydroxylation is 1. The summed E-state index contributed by atoms with van der Waals surface area (Å²) in [6, 6.07) is 8.08. The van der Waals surface area contributed by atoms with Crippen LogP contribution in [0.5, 0.6) is 5.75 Å². The third-order valence-corrected chi connectivity index (χ3v) is 3.85. The van der Waals surface area contributed by atoms with Crippen molar-refractivity contribution in [3.63, 3.8) is 0 Å². The Morgan fingerprint density at radius 3 is 2.83 bits per heavy atom. The average molecular weight is 262 g/mol. The van der Waals surface area contributed by atoms with E-state index in [2.05, 4.69) is 23.3 Å². The van der Waals surface area contributed by atoms with Crippen molar-refractivity contribution in [1.82, 2.24) is 10.3 Å². The molecule has 0 saturated carbocycles. The molecule has 0 aliphatic heterocycles. The predicted molar refractivity (Wildman–Crippen MR) is 75.0 cm³/mol. The molecular weight excluding hydrogens is 244 g/mol. The van der Waals surface area contributed by atoms with Crippen molar-refractivity contribution in [3.05, 3.63) is 45.9 Å². The third-order valence-electron chi connectivity index (χ3n) is 2.71. The van der Waals surface area contributed by atoms with Crippen LogP contribution in [0.4, 0.5) is 0 Å². The third kappa shape index (κ3) is 3.31. The number of hydrogen-bond acceptors (Lipinski definition) is 4. The number of hydrogen-bond donors (Lipinski definition) is 1. The molecule has 2 rings (SSSR count). The molecule has 0 bridgehead atoms. The van der Waals surface area contributed by atoms with Gasteiger partial charge in [0, 0.05) is 29.7 Å². The lowest BCUT2D eigenvalue weighted by Crippen LogP contribution is -2.12. The molecular formula is C14H18N2OS. The number of aromatic nitrogens is 1. The second-order valence-corrected chi connectivity index (χ2v) is 5.19. The number of nitrogens with zero attached hydrogens (tertiary/aromatic N) is 1. The first-order chi connectivity index (χ1) is 8.83. The summed E-state index contributed by atoms with van der Waals surface area (Å²) >= 11 is 1.77. The highest BCUT2D eigenvalue weighted by molar-refractivity contribution is 7.11. The fourth-order valence-corrected chi connectivity index (χ4v) is 2.59. The monoisotopic (exact) mass is 262 g/mol. The van der Waals surface area contributed by atoms with Crippen molar-refractivity contribution in [1.29, 1.82) is 0 Å². The van der Waals surface area contributed by atoms with E-state index in [-0.39, 0.29) is 0 Å². The molecule has 0 atom stereocenters. The topological polar surface area (TPSA) is 34.2 Å². The second-order valence-electron chi connectivity index (χ2n) is 3.99. The van der Waals surface area contributed by atoms with Crippen LogP contribution in [-0.2, 0) is 19.5 Å². The summed E-state index contributed by atoms with van der Waals surface area (Å²) in [6.45, 7) is 3.80. The van der Waals surface area contributed by atoms with Gasteiger partial charge in [-0.05, 0) is 12.5 Å². The van der Waals surface area contributed by atoms with Gasteiger partial charge in [0.1, 0.15) is 5.75 Å². The van der Waals surface area contributed by atoms with Crippen molar-refractivity contribution >= 4 is 11.3 Å². The summed E-state index contributed by atoms with van der Waals surface area (Å²) in [5, 5.41) is 4.62. The Kier molecular flexibility index (Phi) is 4.73. The van der Waals surface area contributed by atoms with Crippen LogP contribution in [-0.4, -0.2) is 12.1 Å². The lowest BCUT2D eigenvalue weighted by molar-refractivity contribution is 0.407. The van der Waals surface area contributed by atoms with Gasteiger partial charge in [-0.15, -0.1) is 11.3 Å². The van der Waals surface area contributed by atoms with E-state index in [9.17, 15) is 0 Å². The normalized spacial score (nSPS) is 10.6. The molecule has 0 radical (unpaired) electrons. The molecule has 96 valence electrons.